The van der Waals surface area contributed by atoms with Gasteiger partial charge in [-0.15, -0.1) is 0 Å². The predicted molar refractivity (Wildman–Crippen MR) is 67.0 cm³/mol. The summed E-state index contributed by atoms with van der Waals surface area (Å²) in [4.78, 5) is 12.0. The maximum atomic E-state index is 12.0. The van der Waals surface area contributed by atoms with Gasteiger partial charge in [-0.05, 0) is 30.9 Å². The SMILES string of the molecule is CC1CCCC(NC(=O)c2ccccc2O)C1. The molecule has 1 aromatic carbocycles. The molecule has 17 heavy (non-hydrogen) atoms. The molecule has 0 bridgehead atoms. The molecule has 1 fully saturated rings. The first-order valence-corrected chi connectivity index (χ1v) is 6.25. The first-order valence-electron chi connectivity index (χ1n) is 6.25. The average Bonchev–Trinajstić information content (AvgIpc) is 2.29. The Balaban J connectivity index is 1.99. The van der Waals surface area contributed by atoms with Gasteiger partial charge in [0.25, 0.3) is 5.91 Å². The quantitative estimate of drug-likeness (QED) is 0.825. The topological polar surface area (TPSA) is 49.3 Å². The second-order valence-corrected chi connectivity index (χ2v) is 4.96. The van der Waals surface area contributed by atoms with Crippen LogP contribution in [0.5, 0.6) is 5.75 Å². The van der Waals surface area contributed by atoms with Crippen molar-refractivity contribution in [1.82, 2.24) is 5.32 Å². The third-order valence-electron chi connectivity index (χ3n) is 3.42. The largest absolute Gasteiger partial charge is 0.507 e. The van der Waals surface area contributed by atoms with Crippen LogP contribution in [0.25, 0.3) is 0 Å². The molecular formula is C14H19NO2. The van der Waals surface area contributed by atoms with Gasteiger partial charge in [-0.1, -0.05) is 31.9 Å². The highest BCUT2D eigenvalue weighted by Crippen LogP contribution is 2.24. The minimum atomic E-state index is -0.165. The summed E-state index contributed by atoms with van der Waals surface area (Å²) in [6, 6.07) is 6.92. The van der Waals surface area contributed by atoms with Crippen LogP contribution in [-0.4, -0.2) is 17.1 Å². The predicted octanol–water partition coefficient (Wildman–Crippen LogP) is 2.70. The lowest BCUT2D eigenvalue weighted by Crippen LogP contribution is -2.37. The molecule has 1 saturated carbocycles. The zero-order chi connectivity index (χ0) is 12.3. The second kappa shape index (κ2) is 5.21. The fraction of sp³-hybridized carbons (Fsp3) is 0.500. The van der Waals surface area contributed by atoms with Crippen LogP contribution < -0.4 is 5.32 Å². The number of carbonyl (C=O) groups excluding carboxylic acids is 1. The molecule has 1 aromatic rings. The van der Waals surface area contributed by atoms with Crippen LogP contribution in [0.1, 0.15) is 43.0 Å². The summed E-state index contributed by atoms with van der Waals surface area (Å²) in [5.74, 6) is 0.564. The zero-order valence-electron chi connectivity index (χ0n) is 10.1. The Morgan fingerprint density at radius 3 is 2.82 bits per heavy atom. The maximum Gasteiger partial charge on any atom is 0.255 e. The number of nitrogens with one attached hydrogen (secondary N) is 1. The summed E-state index contributed by atoms with van der Waals surface area (Å²) in [5, 5.41) is 12.6. The highest BCUT2D eigenvalue weighted by atomic mass is 16.3. The average molecular weight is 233 g/mol. The fourth-order valence-electron chi connectivity index (χ4n) is 2.49. The van der Waals surface area contributed by atoms with Gasteiger partial charge >= 0.3 is 0 Å². The van der Waals surface area contributed by atoms with Crippen LogP contribution in [0.15, 0.2) is 24.3 Å². The molecule has 0 aliphatic heterocycles. The number of para-hydroxylation sites is 1. The zero-order valence-corrected chi connectivity index (χ0v) is 10.1. The molecule has 1 aliphatic rings. The first kappa shape index (κ1) is 12.0. The summed E-state index contributed by atoms with van der Waals surface area (Å²) < 4.78 is 0. The summed E-state index contributed by atoms with van der Waals surface area (Å²) in [5.41, 5.74) is 0.366. The summed E-state index contributed by atoms with van der Waals surface area (Å²) in [6.07, 6.45) is 4.51. The highest BCUT2D eigenvalue weighted by molar-refractivity contribution is 5.96. The Morgan fingerprint density at radius 1 is 1.35 bits per heavy atom. The molecule has 2 rings (SSSR count). The maximum absolute atomic E-state index is 12.0. The van der Waals surface area contributed by atoms with Crippen molar-refractivity contribution in [2.45, 2.75) is 38.6 Å². The van der Waals surface area contributed by atoms with Crippen LogP contribution in [0.3, 0.4) is 0 Å². The number of benzene rings is 1. The van der Waals surface area contributed by atoms with Gasteiger partial charge in [-0.25, -0.2) is 0 Å². The third kappa shape index (κ3) is 2.99. The third-order valence-corrected chi connectivity index (χ3v) is 3.42. The van der Waals surface area contributed by atoms with Gasteiger partial charge in [0, 0.05) is 6.04 Å². The fourth-order valence-corrected chi connectivity index (χ4v) is 2.49. The normalized spacial score (nSPS) is 24.3. The van der Waals surface area contributed by atoms with Crippen molar-refractivity contribution in [2.75, 3.05) is 0 Å². The number of hydrogen-bond donors (Lipinski definition) is 2. The molecule has 1 aliphatic carbocycles. The Bertz CT molecular complexity index is 403. The Morgan fingerprint density at radius 2 is 2.12 bits per heavy atom. The second-order valence-electron chi connectivity index (χ2n) is 4.96. The van der Waals surface area contributed by atoms with Crippen LogP contribution in [0.4, 0.5) is 0 Å². The van der Waals surface area contributed by atoms with Crippen LogP contribution in [0, 0.1) is 5.92 Å². The minimum absolute atomic E-state index is 0.0499. The van der Waals surface area contributed by atoms with Crippen molar-refractivity contribution >= 4 is 5.91 Å². The number of hydrogen-bond acceptors (Lipinski definition) is 2. The monoisotopic (exact) mass is 233 g/mol. The van der Waals surface area contributed by atoms with Crippen LogP contribution in [-0.2, 0) is 0 Å². The van der Waals surface area contributed by atoms with E-state index < -0.39 is 0 Å². The molecule has 2 unspecified atom stereocenters. The van der Waals surface area contributed by atoms with Gasteiger partial charge in [0.15, 0.2) is 0 Å². The van der Waals surface area contributed by atoms with Gasteiger partial charge in [0.05, 0.1) is 5.56 Å². The van der Waals surface area contributed by atoms with Crippen molar-refractivity contribution in [1.29, 1.82) is 0 Å². The van der Waals surface area contributed by atoms with Crippen molar-refractivity contribution in [2.24, 2.45) is 5.92 Å². The Kier molecular flexibility index (Phi) is 3.67. The number of phenols is 1. The molecule has 2 atom stereocenters. The number of amides is 1. The molecule has 3 heteroatoms. The van der Waals surface area contributed by atoms with E-state index in [1.165, 1.54) is 12.8 Å². The van der Waals surface area contributed by atoms with Gasteiger partial charge < -0.3 is 10.4 Å². The molecule has 0 saturated heterocycles. The molecule has 0 aromatic heterocycles. The molecule has 1 amide bonds. The van der Waals surface area contributed by atoms with E-state index in [9.17, 15) is 9.90 Å². The van der Waals surface area contributed by atoms with E-state index >= 15 is 0 Å². The van der Waals surface area contributed by atoms with E-state index in [-0.39, 0.29) is 17.7 Å². The van der Waals surface area contributed by atoms with Crippen LogP contribution >= 0.6 is 0 Å². The minimum Gasteiger partial charge on any atom is -0.507 e. The van der Waals surface area contributed by atoms with Gasteiger partial charge in [-0.2, -0.15) is 0 Å². The lowest BCUT2D eigenvalue weighted by molar-refractivity contribution is 0.0918. The van der Waals surface area contributed by atoms with Crippen molar-refractivity contribution < 1.29 is 9.90 Å². The summed E-state index contributed by atoms with van der Waals surface area (Å²) in [6.45, 7) is 2.22. The van der Waals surface area contributed by atoms with E-state index in [1.54, 1.807) is 24.3 Å². The highest BCUT2D eigenvalue weighted by Gasteiger charge is 2.21. The van der Waals surface area contributed by atoms with E-state index in [1.807, 2.05) is 0 Å². The molecule has 0 heterocycles. The molecular weight excluding hydrogens is 214 g/mol. The van der Waals surface area contributed by atoms with E-state index in [0.29, 0.717) is 11.5 Å². The Labute approximate surface area is 102 Å². The van der Waals surface area contributed by atoms with Gasteiger partial charge in [0.2, 0.25) is 0 Å². The molecule has 3 nitrogen and oxygen atoms in total. The number of rotatable bonds is 2. The summed E-state index contributed by atoms with van der Waals surface area (Å²) >= 11 is 0. The smallest absolute Gasteiger partial charge is 0.255 e. The number of aromatic hydroxyl groups is 1. The van der Waals surface area contributed by atoms with Crippen molar-refractivity contribution in [3.8, 4) is 5.75 Å². The van der Waals surface area contributed by atoms with Crippen molar-refractivity contribution in [3.63, 3.8) is 0 Å². The first-order chi connectivity index (χ1) is 8.16. The number of phenolic OH excluding ortho intramolecular Hbond substituents is 1. The lowest BCUT2D eigenvalue weighted by Gasteiger charge is -2.27. The standard InChI is InChI=1S/C14H19NO2/c1-10-5-4-6-11(9-10)15-14(17)12-7-2-3-8-13(12)16/h2-3,7-8,10-11,16H,4-6,9H2,1H3,(H,15,17). The van der Waals surface area contributed by atoms with E-state index in [2.05, 4.69) is 12.2 Å². The molecule has 92 valence electrons. The van der Waals surface area contributed by atoms with Crippen LogP contribution in [0.2, 0.25) is 0 Å². The number of carbonyl (C=O) groups is 1. The Hall–Kier alpha value is -1.51. The van der Waals surface area contributed by atoms with Gasteiger partial charge in [-0.3, -0.25) is 4.79 Å². The molecule has 2 N–H and O–H groups in total. The van der Waals surface area contributed by atoms with E-state index in [4.69, 9.17) is 0 Å². The van der Waals surface area contributed by atoms with Crippen molar-refractivity contribution in [3.05, 3.63) is 29.8 Å². The lowest BCUT2D eigenvalue weighted by atomic mass is 9.87. The molecule has 0 spiro atoms. The molecule has 0 radical (unpaired) electrons. The summed E-state index contributed by atoms with van der Waals surface area (Å²) in [7, 11) is 0. The van der Waals surface area contributed by atoms with Gasteiger partial charge in [0.1, 0.15) is 5.75 Å². The van der Waals surface area contributed by atoms with E-state index in [0.717, 1.165) is 12.8 Å².